The Labute approximate surface area is 222 Å². The molecule has 0 saturated carbocycles. The first-order chi connectivity index (χ1) is 17.7. The fourth-order valence-electron chi connectivity index (χ4n) is 4.62. The minimum atomic E-state index is -0.354. The van der Waals surface area contributed by atoms with E-state index in [9.17, 15) is 9.59 Å². The molecule has 6 nitrogen and oxygen atoms in total. The van der Waals surface area contributed by atoms with Crippen LogP contribution in [0, 0.1) is 0 Å². The van der Waals surface area contributed by atoms with Gasteiger partial charge in [0.05, 0.1) is 5.69 Å². The van der Waals surface area contributed by atoms with Crippen molar-refractivity contribution in [3.8, 4) is 22.9 Å². The number of hydrogen-bond donors (Lipinski definition) is 0. The quantitative estimate of drug-likeness (QED) is 0.218. The predicted molar refractivity (Wildman–Crippen MR) is 147 cm³/mol. The molecule has 1 aliphatic heterocycles. The molecule has 0 radical (unpaired) electrons. The summed E-state index contributed by atoms with van der Waals surface area (Å²) < 4.78 is 6.77. The first kappa shape index (κ1) is 23.3. The van der Waals surface area contributed by atoms with E-state index in [-0.39, 0.29) is 17.2 Å². The Bertz CT molecular complexity index is 1680. The molecule has 0 N–H and O–H groups in total. The smallest absolute Gasteiger partial charge is 0.265 e. The SMILES string of the molecule is CC(C)(C)c1ccc(-c2nnc(-c3ccc(N4C(=O)c5cccc6c(Br)ccc(c56)C4=O)cc3)o2)cc1. The Morgan fingerprint density at radius 2 is 1.30 bits per heavy atom. The summed E-state index contributed by atoms with van der Waals surface area (Å²) in [5.41, 5.74) is 4.28. The van der Waals surface area contributed by atoms with Gasteiger partial charge in [0.25, 0.3) is 11.8 Å². The molecule has 182 valence electrons. The van der Waals surface area contributed by atoms with Crippen molar-refractivity contribution in [2.45, 2.75) is 26.2 Å². The summed E-state index contributed by atoms with van der Waals surface area (Å²) in [5, 5.41) is 9.92. The van der Waals surface area contributed by atoms with E-state index in [4.69, 9.17) is 4.42 Å². The van der Waals surface area contributed by atoms with Crippen molar-refractivity contribution < 1.29 is 14.0 Å². The van der Waals surface area contributed by atoms with E-state index in [1.807, 2.05) is 30.3 Å². The molecule has 7 heteroatoms. The van der Waals surface area contributed by atoms with E-state index >= 15 is 0 Å². The molecule has 0 aliphatic carbocycles. The molecule has 0 bridgehead atoms. The summed E-state index contributed by atoms with van der Waals surface area (Å²) >= 11 is 3.52. The summed E-state index contributed by atoms with van der Waals surface area (Å²) in [7, 11) is 0. The number of rotatable bonds is 3. The van der Waals surface area contributed by atoms with Gasteiger partial charge in [0, 0.05) is 32.1 Å². The number of anilines is 1. The zero-order chi connectivity index (χ0) is 25.9. The Hall–Kier alpha value is -4.10. The number of halogens is 1. The monoisotopic (exact) mass is 551 g/mol. The van der Waals surface area contributed by atoms with E-state index in [1.165, 1.54) is 10.5 Å². The summed E-state index contributed by atoms with van der Waals surface area (Å²) in [6.45, 7) is 6.50. The number of nitrogens with zero attached hydrogens (tertiary/aromatic N) is 3. The molecule has 0 unspecified atom stereocenters. The van der Waals surface area contributed by atoms with Crippen molar-refractivity contribution >= 4 is 44.2 Å². The highest BCUT2D eigenvalue weighted by Gasteiger charge is 2.34. The van der Waals surface area contributed by atoms with Crippen LogP contribution < -0.4 is 4.90 Å². The third kappa shape index (κ3) is 3.86. The lowest BCUT2D eigenvalue weighted by molar-refractivity contribution is 0.0893. The number of hydrogen-bond acceptors (Lipinski definition) is 5. The molecule has 1 aliphatic rings. The number of carbonyl (C=O) groups is 2. The number of benzene rings is 4. The Morgan fingerprint density at radius 3 is 1.89 bits per heavy atom. The zero-order valence-electron chi connectivity index (χ0n) is 20.4. The minimum absolute atomic E-state index is 0.0584. The van der Waals surface area contributed by atoms with E-state index < -0.39 is 0 Å². The fraction of sp³-hybridized carbons (Fsp3) is 0.133. The zero-order valence-corrected chi connectivity index (χ0v) is 22.0. The van der Waals surface area contributed by atoms with Gasteiger partial charge in [-0.05, 0) is 71.0 Å². The molecule has 0 saturated heterocycles. The van der Waals surface area contributed by atoms with Crippen LogP contribution in [0.25, 0.3) is 33.7 Å². The molecule has 0 fully saturated rings. The van der Waals surface area contributed by atoms with E-state index in [2.05, 4.69) is 59.0 Å². The maximum atomic E-state index is 13.4. The van der Waals surface area contributed by atoms with Crippen LogP contribution in [0.15, 0.2) is 87.8 Å². The number of imide groups is 1. The topological polar surface area (TPSA) is 76.3 Å². The Kier molecular flexibility index (Phi) is 5.35. The summed E-state index contributed by atoms with van der Waals surface area (Å²) in [6.07, 6.45) is 0. The van der Waals surface area contributed by atoms with Crippen LogP contribution in [-0.2, 0) is 5.41 Å². The molecule has 37 heavy (non-hydrogen) atoms. The minimum Gasteiger partial charge on any atom is -0.416 e. The standard InChI is InChI=1S/C30H22BrN3O3/c1-30(2,3)19-11-7-17(8-12-19)26-32-33-27(37-26)18-9-13-20(14-10-18)34-28(35)22-6-4-5-21-24(31)16-15-23(25(21)22)29(34)36/h4-16H,1-3H3. The van der Waals surface area contributed by atoms with Crippen LogP contribution in [0.4, 0.5) is 5.69 Å². The maximum absolute atomic E-state index is 13.4. The van der Waals surface area contributed by atoms with Gasteiger partial charge in [-0.3, -0.25) is 9.59 Å². The highest BCUT2D eigenvalue weighted by atomic mass is 79.9. The molecule has 0 atom stereocenters. The van der Waals surface area contributed by atoms with Gasteiger partial charge in [0.1, 0.15) is 0 Å². The summed E-state index contributed by atoms with van der Waals surface area (Å²) in [5.74, 6) is 0.0787. The van der Waals surface area contributed by atoms with Gasteiger partial charge in [0.2, 0.25) is 11.8 Å². The lowest BCUT2D eigenvalue weighted by atomic mass is 9.87. The first-order valence-electron chi connectivity index (χ1n) is 11.9. The van der Waals surface area contributed by atoms with Crippen LogP contribution in [0.2, 0.25) is 0 Å². The van der Waals surface area contributed by atoms with Gasteiger partial charge >= 0.3 is 0 Å². The number of amides is 2. The highest BCUT2D eigenvalue weighted by molar-refractivity contribution is 9.10. The third-order valence-corrected chi connectivity index (χ3v) is 7.34. The van der Waals surface area contributed by atoms with Crippen molar-refractivity contribution in [3.63, 3.8) is 0 Å². The lowest BCUT2D eigenvalue weighted by Crippen LogP contribution is -2.40. The average Bonchev–Trinajstić information content (AvgIpc) is 3.39. The molecule has 2 heterocycles. The second kappa shape index (κ2) is 8.49. The molecule has 6 rings (SSSR count). The van der Waals surface area contributed by atoms with Crippen molar-refractivity contribution in [2.75, 3.05) is 4.90 Å². The van der Waals surface area contributed by atoms with Crippen LogP contribution in [0.5, 0.6) is 0 Å². The van der Waals surface area contributed by atoms with Crippen molar-refractivity contribution in [3.05, 3.63) is 100 Å². The normalized spacial score (nSPS) is 13.5. The summed E-state index contributed by atoms with van der Waals surface area (Å²) in [6, 6.07) is 24.1. The van der Waals surface area contributed by atoms with Crippen molar-refractivity contribution in [2.24, 2.45) is 0 Å². The molecule has 0 spiro atoms. The van der Waals surface area contributed by atoms with Gasteiger partial charge < -0.3 is 4.42 Å². The average molecular weight is 552 g/mol. The Morgan fingerprint density at radius 1 is 0.730 bits per heavy atom. The second-order valence-corrected chi connectivity index (χ2v) is 10.9. The first-order valence-corrected chi connectivity index (χ1v) is 12.7. The maximum Gasteiger partial charge on any atom is 0.265 e. The van der Waals surface area contributed by atoms with E-state index in [1.54, 1.807) is 36.4 Å². The summed E-state index contributed by atoms with van der Waals surface area (Å²) in [4.78, 5) is 28.0. The highest BCUT2D eigenvalue weighted by Crippen LogP contribution is 2.36. The van der Waals surface area contributed by atoms with Gasteiger partial charge in [-0.15, -0.1) is 10.2 Å². The second-order valence-electron chi connectivity index (χ2n) is 10.1. The lowest BCUT2D eigenvalue weighted by Gasteiger charge is -2.27. The molecule has 5 aromatic rings. The number of aromatic nitrogens is 2. The molecule has 4 aromatic carbocycles. The van der Waals surface area contributed by atoms with Gasteiger partial charge in [-0.25, -0.2) is 4.90 Å². The van der Waals surface area contributed by atoms with E-state index in [0.29, 0.717) is 39.5 Å². The van der Waals surface area contributed by atoms with Gasteiger partial charge in [0.15, 0.2) is 0 Å². The van der Waals surface area contributed by atoms with Crippen LogP contribution in [-0.4, -0.2) is 22.0 Å². The van der Waals surface area contributed by atoms with Crippen LogP contribution in [0.1, 0.15) is 47.1 Å². The van der Waals surface area contributed by atoms with Crippen molar-refractivity contribution in [1.82, 2.24) is 10.2 Å². The van der Waals surface area contributed by atoms with Gasteiger partial charge in [-0.1, -0.05) is 61.0 Å². The van der Waals surface area contributed by atoms with Crippen LogP contribution in [0.3, 0.4) is 0 Å². The van der Waals surface area contributed by atoms with Gasteiger partial charge in [-0.2, -0.15) is 0 Å². The molecule has 2 amide bonds. The van der Waals surface area contributed by atoms with Crippen molar-refractivity contribution in [1.29, 1.82) is 0 Å². The molecule has 1 aromatic heterocycles. The third-order valence-electron chi connectivity index (χ3n) is 6.65. The largest absolute Gasteiger partial charge is 0.416 e. The molecular weight excluding hydrogens is 530 g/mol. The predicted octanol–water partition coefficient (Wildman–Crippen LogP) is 7.42. The van der Waals surface area contributed by atoms with Crippen LogP contribution >= 0.6 is 15.9 Å². The van der Waals surface area contributed by atoms with E-state index in [0.717, 1.165) is 15.4 Å². The number of carbonyl (C=O) groups excluding carboxylic acids is 2. The fourth-order valence-corrected chi connectivity index (χ4v) is 5.08. The molecular formula is C30H22BrN3O3. The Balaban J connectivity index is 1.29.